The largest absolute Gasteiger partial charge is 0.442 e. The van der Waals surface area contributed by atoms with Crippen molar-refractivity contribution in [1.82, 2.24) is 10.6 Å². The summed E-state index contributed by atoms with van der Waals surface area (Å²) in [5.41, 5.74) is 3.40. The number of nitrogens with zero attached hydrogens (tertiary/aromatic N) is 1. The maximum Gasteiger partial charge on any atom is 0.415 e. The van der Waals surface area contributed by atoms with Crippen molar-refractivity contribution in [2.45, 2.75) is 38.1 Å². The zero-order valence-electron chi connectivity index (χ0n) is 17.6. The summed E-state index contributed by atoms with van der Waals surface area (Å²) in [7, 11) is 0. The molecule has 2 aromatic rings. The number of hydrogen-bond donors (Lipinski definition) is 3. The molecular weight excluding hydrogens is 420 g/mol. The highest BCUT2D eigenvalue weighted by atomic mass is 19.1. The molecule has 0 bridgehead atoms. The van der Waals surface area contributed by atoms with E-state index >= 15 is 0 Å². The molecule has 1 unspecified atom stereocenters. The highest BCUT2D eigenvalue weighted by molar-refractivity contribution is 5.94. The van der Waals surface area contributed by atoms with Crippen LogP contribution in [-0.4, -0.2) is 55.1 Å². The van der Waals surface area contributed by atoms with Gasteiger partial charge in [0.2, 0.25) is 5.91 Å². The predicted molar refractivity (Wildman–Crippen MR) is 114 cm³/mol. The molecule has 4 rings (SSSR count). The number of fused-ring (bicyclic) bond motifs is 3. The zero-order chi connectivity index (χ0) is 22.8. The van der Waals surface area contributed by atoms with Crippen LogP contribution in [0.1, 0.15) is 18.1 Å². The molecule has 32 heavy (non-hydrogen) atoms. The molecular formula is C23H25F2N3O4. The number of nitrogens with one attached hydrogen (secondary N) is 2. The number of hydrogen-bond acceptors (Lipinski definition) is 5. The number of halogens is 2. The Morgan fingerprint density at radius 2 is 2.06 bits per heavy atom. The van der Waals surface area contributed by atoms with E-state index in [-0.39, 0.29) is 25.0 Å². The van der Waals surface area contributed by atoms with E-state index in [1.54, 1.807) is 18.2 Å². The van der Waals surface area contributed by atoms with Crippen molar-refractivity contribution >= 4 is 17.7 Å². The van der Waals surface area contributed by atoms with Gasteiger partial charge in [-0.2, -0.15) is 0 Å². The van der Waals surface area contributed by atoms with Gasteiger partial charge in [-0.1, -0.05) is 24.3 Å². The smallest absolute Gasteiger partial charge is 0.415 e. The molecule has 7 nitrogen and oxygen atoms in total. The van der Waals surface area contributed by atoms with Gasteiger partial charge in [-0.25, -0.2) is 13.6 Å². The first-order valence-electron chi connectivity index (χ1n) is 10.5. The Balaban J connectivity index is 1.49. The maximum atomic E-state index is 15.0. The minimum atomic E-state index is -1.03. The Bertz CT molecular complexity index is 1020. The van der Waals surface area contributed by atoms with Crippen LogP contribution in [0.2, 0.25) is 0 Å². The standard InChI is InChI=1S/C23H25F2N3O4/c1-13(29)27-12-22-21-7-16-6-18(19(25)8-20(16)28(21)23(31)32-22)15-4-2-14(3-5-15)10-26-11-17(30)9-24/h2-6,8,17,21-22,26,30H,7,9-12H2,1H3,(H,27,29)/t17?,21-,22-/m0/s1. The lowest BCUT2D eigenvalue weighted by Crippen LogP contribution is -2.40. The molecule has 0 aromatic heterocycles. The van der Waals surface area contributed by atoms with Crippen LogP contribution >= 0.6 is 0 Å². The minimum Gasteiger partial charge on any atom is -0.442 e. The second-order valence-corrected chi connectivity index (χ2v) is 8.10. The van der Waals surface area contributed by atoms with E-state index in [9.17, 15) is 23.5 Å². The molecule has 0 spiro atoms. The van der Waals surface area contributed by atoms with Crippen molar-refractivity contribution < 1.29 is 28.2 Å². The van der Waals surface area contributed by atoms with Gasteiger partial charge in [0.25, 0.3) is 0 Å². The average molecular weight is 445 g/mol. The lowest BCUT2D eigenvalue weighted by atomic mass is 9.98. The summed E-state index contributed by atoms with van der Waals surface area (Å²) >= 11 is 0. The number of amides is 2. The van der Waals surface area contributed by atoms with Crippen molar-refractivity contribution in [3.63, 3.8) is 0 Å². The van der Waals surface area contributed by atoms with Crippen LogP contribution in [0.4, 0.5) is 19.3 Å². The molecule has 0 saturated carbocycles. The molecule has 3 N–H and O–H groups in total. The van der Waals surface area contributed by atoms with Crippen LogP contribution in [-0.2, 0) is 22.5 Å². The molecule has 2 aliphatic heterocycles. The van der Waals surface area contributed by atoms with Gasteiger partial charge in [0.05, 0.1) is 24.4 Å². The predicted octanol–water partition coefficient (Wildman–Crippen LogP) is 2.30. The van der Waals surface area contributed by atoms with Crippen LogP contribution in [0, 0.1) is 5.82 Å². The van der Waals surface area contributed by atoms with E-state index in [4.69, 9.17) is 4.74 Å². The summed E-state index contributed by atoms with van der Waals surface area (Å²) in [6.07, 6.45) is -1.54. The molecule has 0 aliphatic carbocycles. The lowest BCUT2D eigenvalue weighted by Gasteiger charge is -2.16. The third-order valence-corrected chi connectivity index (χ3v) is 5.77. The summed E-state index contributed by atoms with van der Waals surface area (Å²) < 4.78 is 32.7. The van der Waals surface area contributed by atoms with Gasteiger partial charge < -0.3 is 20.5 Å². The number of carbonyl (C=O) groups is 2. The molecule has 170 valence electrons. The summed E-state index contributed by atoms with van der Waals surface area (Å²) in [6, 6.07) is 10.1. The van der Waals surface area contributed by atoms with Gasteiger partial charge in [-0.15, -0.1) is 0 Å². The second kappa shape index (κ2) is 9.22. The number of anilines is 1. The number of carbonyl (C=O) groups excluding carboxylic acids is 2. The van der Waals surface area contributed by atoms with E-state index in [1.165, 1.54) is 17.9 Å². The third kappa shape index (κ3) is 4.44. The normalized spacial score (nSPS) is 20.0. The van der Waals surface area contributed by atoms with Gasteiger partial charge in [-0.05, 0) is 35.2 Å². The van der Waals surface area contributed by atoms with Crippen molar-refractivity contribution in [2.24, 2.45) is 0 Å². The van der Waals surface area contributed by atoms with Gasteiger partial charge in [-0.3, -0.25) is 9.69 Å². The second-order valence-electron chi connectivity index (χ2n) is 8.10. The molecule has 1 saturated heterocycles. The monoisotopic (exact) mass is 445 g/mol. The van der Waals surface area contributed by atoms with Crippen LogP contribution in [0.25, 0.3) is 11.1 Å². The van der Waals surface area contributed by atoms with Crippen LogP contribution < -0.4 is 15.5 Å². The molecule has 2 aliphatic rings. The minimum absolute atomic E-state index is 0.154. The zero-order valence-corrected chi connectivity index (χ0v) is 17.6. The highest BCUT2D eigenvalue weighted by Crippen LogP contribution is 2.41. The maximum absolute atomic E-state index is 15.0. The molecule has 1 fully saturated rings. The Hall–Kier alpha value is -3.04. The topological polar surface area (TPSA) is 90.9 Å². The van der Waals surface area contributed by atoms with Gasteiger partial charge in [0, 0.05) is 25.6 Å². The first kappa shape index (κ1) is 22.2. The van der Waals surface area contributed by atoms with Crippen molar-refractivity contribution in [1.29, 1.82) is 0 Å². The Morgan fingerprint density at radius 1 is 1.31 bits per heavy atom. The molecule has 0 radical (unpaired) electrons. The van der Waals surface area contributed by atoms with Crippen LogP contribution in [0.3, 0.4) is 0 Å². The first-order valence-corrected chi connectivity index (χ1v) is 10.5. The number of alkyl halides is 1. The van der Waals surface area contributed by atoms with Gasteiger partial charge >= 0.3 is 6.09 Å². The number of cyclic esters (lactones) is 1. The van der Waals surface area contributed by atoms with E-state index < -0.39 is 30.8 Å². The van der Waals surface area contributed by atoms with Crippen molar-refractivity contribution in [2.75, 3.05) is 24.7 Å². The van der Waals surface area contributed by atoms with E-state index in [0.29, 0.717) is 29.8 Å². The fourth-order valence-corrected chi connectivity index (χ4v) is 4.17. The van der Waals surface area contributed by atoms with Crippen LogP contribution in [0.5, 0.6) is 0 Å². The average Bonchev–Trinajstić information content (AvgIpc) is 3.29. The van der Waals surface area contributed by atoms with E-state index in [0.717, 1.165) is 11.1 Å². The molecule has 2 aromatic carbocycles. The van der Waals surface area contributed by atoms with E-state index in [2.05, 4.69) is 10.6 Å². The molecule has 2 amide bonds. The summed E-state index contributed by atoms with van der Waals surface area (Å²) in [4.78, 5) is 25.0. The van der Waals surface area contributed by atoms with Gasteiger partial charge in [0.1, 0.15) is 18.6 Å². The summed E-state index contributed by atoms with van der Waals surface area (Å²) in [5.74, 6) is -0.653. The number of aliphatic hydroxyl groups excluding tert-OH is 1. The van der Waals surface area contributed by atoms with Gasteiger partial charge in [0.15, 0.2) is 0 Å². The Kier molecular flexibility index (Phi) is 6.38. The number of benzene rings is 2. The van der Waals surface area contributed by atoms with Crippen molar-refractivity contribution in [3.05, 3.63) is 53.3 Å². The third-order valence-electron chi connectivity index (χ3n) is 5.77. The number of ether oxygens (including phenoxy) is 1. The Labute approximate surface area is 184 Å². The summed E-state index contributed by atoms with van der Waals surface area (Å²) in [5, 5.41) is 14.9. The number of aliphatic hydroxyl groups is 1. The fourth-order valence-electron chi connectivity index (χ4n) is 4.17. The van der Waals surface area contributed by atoms with Crippen LogP contribution in [0.15, 0.2) is 36.4 Å². The SMILES string of the molecule is CC(=O)NC[C@@H]1OC(=O)N2c3cc(F)c(-c4ccc(CNCC(O)CF)cc4)cc3C[C@@H]12. The molecule has 3 atom stereocenters. The molecule has 9 heteroatoms. The lowest BCUT2D eigenvalue weighted by molar-refractivity contribution is -0.119. The highest BCUT2D eigenvalue weighted by Gasteiger charge is 2.47. The van der Waals surface area contributed by atoms with E-state index in [1.807, 2.05) is 12.1 Å². The fraction of sp³-hybridized carbons (Fsp3) is 0.391. The van der Waals surface area contributed by atoms with Crippen molar-refractivity contribution in [3.8, 4) is 11.1 Å². The summed E-state index contributed by atoms with van der Waals surface area (Å²) in [6.45, 7) is 1.42. The Morgan fingerprint density at radius 3 is 2.75 bits per heavy atom. The number of rotatable bonds is 8. The quantitative estimate of drug-likeness (QED) is 0.580. The first-order chi connectivity index (χ1) is 15.4. The molecule has 2 heterocycles.